The van der Waals surface area contributed by atoms with Crippen molar-refractivity contribution in [2.45, 2.75) is 6.92 Å². The highest BCUT2D eigenvalue weighted by Gasteiger charge is 2.14. The molecule has 114 valence electrons. The normalized spacial score (nSPS) is 11.4. The minimum Gasteiger partial charge on any atom is -0.496 e. The maximum atomic E-state index is 14.3. The third-order valence-corrected chi connectivity index (χ3v) is 3.56. The lowest BCUT2D eigenvalue weighted by molar-refractivity contribution is 0.0693. The monoisotopic (exact) mass is 321 g/mol. The summed E-state index contributed by atoms with van der Waals surface area (Å²) >= 11 is 5.99. The van der Waals surface area contributed by atoms with Gasteiger partial charge in [0.1, 0.15) is 22.8 Å². The van der Waals surface area contributed by atoms with Gasteiger partial charge in [-0.1, -0.05) is 23.7 Å². The first-order valence-corrected chi connectivity index (χ1v) is 6.72. The highest BCUT2D eigenvalue weighted by atomic mass is 35.5. The molecule has 1 heterocycles. The maximum Gasteiger partial charge on any atom is 0.341 e. The molecule has 0 aliphatic rings. The van der Waals surface area contributed by atoms with Crippen LogP contribution in [0.3, 0.4) is 0 Å². The summed E-state index contributed by atoms with van der Waals surface area (Å²) in [5.74, 6) is -1.75. The number of halogens is 2. The van der Waals surface area contributed by atoms with Crippen LogP contribution in [-0.2, 0) is 0 Å². The molecule has 0 radical (unpaired) electrons. The van der Waals surface area contributed by atoms with Crippen LogP contribution in [0.5, 0.6) is 5.75 Å². The van der Waals surface area contributed by atoms with Crippen molar-refractivity contribution in [3.8, 4) is 5.75 Å². The summed E-state index contributed by atoms with van der Waals surface area (Å²) in [5, 5.41) is 9.52. The van der Waals surface area contributed by atoms with Gasteiger partial charge in [-0.3, -0.25) is 4.98 Å². The van der Waals surface area contributed by atoms with Gasteiger partial charge < -0.3 is 9.84 Å². The van der Waals surface area contributed by atoms with Gasteiger partial charge in [-0.2, -0.15) is 0 Å². The molecule has 1 N–H and O–H groups in total. The van der Waals surface area contributed by atoms with E-state index in [9.17, 15) is 9.18 Å². The van der Waals surface area contributed by atoms with E-state index >= 15 is 0 Å². The lowest BCUT2D eigenvalue weighted by Crippen LogP contribution is -2.02. The van der Waals surface area contributed by atoms with Gasteiger partial charge in [0.15, 0.2) is 0 Å². The second-order valence-electron chi connectivity index (χ2n) is 4.52. The Morgan fingerprint density at radius 1 is 1.45 bits per heavy atom. The Labute approximate surface area is 131 Å². The van der Waals surface area contributed by atoms with Crippen molar-refractivity contribution in [1.82, 2.24) is 4.98 Å². The standard InChI is InChI=1S/C16H13ClFNO3/c1-9-10(4-3-5-12(9)17)6-13(18)14-7-15(22-2)11(8-19-14)16(20)21/h3-8H,1-2H3,(H,20,21)/b13-6-. The maximum absolute atomic E-state index is 14.3. The fourth-order valence-electron chi connectivity index (χ4n) is 1.89. The van der Waals surface area contributed by atoms with E-state index < -0.39 is 11.8 Å². The zero-order valence-corrected chi connectivity index (χ0v) is 12.7. The molecular weight excluding hydrogens is 309 g/mol. The quantitative estimate of drug-likeness (QED) is 0.916. The Morgan fingerprint density at radius 3 is 2.82 bits per heavy atom. The number of hydrogen-bond acceptors (Lipinski definition) is 3. The molecule has 0 fully saturated rings. The molecule has 0 unspecified atom stereocenters. The number of aromatic nitrogens is 1. The number of aromatic carboxylic acids is 1. The van der Waals surface area contributed by atoms with Crippen molar-refractivity contribution in [2.75, 3.05) is 7.11 Å². The molecule has 0 aliphatic heterocycles. The molecule has 2 rings (SSSR count). The molecule has 0 bridgehead atoms. The molecule has 22 heavy (non-hydrogen) atoms. The van der Waals surface area contributed by atoms with Gasteiger partial charge in [0.2, 0.25) is 0 Å². The SMILES string of the molecule is COc1cc(/C(F)=C/c2cccc(Cl)c2C)ncc1C(=O)O. The lowest BCUT2D eigenvalue weighted by Gasteiger charge is -2.07. The zero-order chi connectivity index (χ0) is 16.3. The van der Waals surface area contributed by atoms with Crippen LogP contribution in [0, 0.1) is 6.92 Å². The van der Waals surface area contributed by atoms with E-state index in [-0.39, 0.29) is 17.0 Å². The summed E-state index contributed by atoms with van der Waals surface area (Å²) in [6.07, 6.45) is 2.36. The average molecular weight is 322 g/mol. The van der Waals surface area contributed by atoms with Gasteiger partial charge in [-0.25, -0.2) is 9.18 Å². The van der Waals surface area contributed by atoms with Crippen LogP contribution in [-0.4, -0.2) is 23.2 Å². The third kappa shape index (κ3) is 3.26. The Kier molecular flexibility index (Phi) is 4.78. The largest absolute Gasteiger partial charge is 0.496 e. The van der Waals surface area contributed by atoms with Crippen LogP contribution >= 0.6 is 11.6 Å². The van der Waals surface area contributed by atoms with Crippen LogP contribution in [0.15, 0.2) is 30.5 Å². The predicted octanol–water partition coefficient (Wildman–Crippen LogP) is 4.22. The topological polar surface area (TPSA) is 59.4 Å². The summed E-state index contributed by atoms with van der Waals surface area (Å²) in [6, 6.07) is 6.41. The molecule has 0 aliphatic carbocycles. The van der Waals surface area contributed by atoms with Gasteiger partial charge in [0, 0.05) is 17.3 Å². The number of carboxylic acid groups (broad SMARTS) is 1. The third-order valence-electron chi connectivity index (χ3n) is 3.15. The van der Waals surface area contributed by atoms with Crippen molar-refractivity contribution < 1.29 is 19.0 Å². The Balaban J connectivity index is 2.45. The van der Waals surface area contributed by atoms with Gasteiger partial charge in [-0.15, -0.1) is 0 Å². The van der Waals surface area contributed by atoms with E-state index in [2.05, 4.69) is 4.98 Å². The predicted molar refractivity (Wildman–Crippen MR) is 82.9 cm³/mol. The van der Waals surface area contributed by atoms with Crippen LogP contribution in [0.4, 0.5) is 4.39 Å². The number of methoxy groups -OCH3 is 1. The van der Waals surface area contributed by atoms with Gasteiger partial charge in [-0.05, 0) is 30.2 Å². The molecule has 1 aromatic heterocycles. The summed E-state index contributed by atoms with van der Waals surface area (Å²) in [6.45, 7) is 1.78. The minimum absolute atomic E-state index is 0.0128. The fraction of sp³-hybridized carbons (Fsp3) is 0.125. The van der Waals surface area contributed by atoms with E-state index in [1.807, 2.05) is 0 Å². The lowest BCUT2D eigenvalue weighted by atomic mass is 10.1. The Bertz CT molecular complexity index is 759. The number of benzene rings is 1. The number of carbonyl (C=O) groups is 1. The van der Waals surface area contributed by atoms with E-state index in [1.165, 1.54) is 19.3 Å². The highest BCUT2D eigenvalue weighted by Crippen LogP contribution is 2.27. The summed E-state index contributed by atoms with van der Waals surface area (Å²) in [4.78, 5) is 14.8. The van der Waals surface area contributed by atoms with Crippen molar-refractivity contribution >= 4 is 29.5 Å². The first kappa shape index (κ1) is 16.0. The Morgan fingerprint density at radius 2 is 2.18 bits per heavy atom. The number of carboxylic acids is 1. The van der Waals surface area contributed by atoms with Crippen LogP contribution in [0.2, 0.25) is 5.02 Å². The molecule has 2 aromatic rings. The number of pyridine rings is 1. The first-order chi connectivity index (χ1) is 10.4. The van der Waals surface area contributed by atoms with E-state index in [0.29, 0.717) is 10.6 Å². The van der Waals surface area contributed by atoms with Crippen molar-refractivity contribution in [3.05, 3.63) is 57.9 Å². The molecule has 0 spiro atoms. The molecule has 0 atom stereocenters. The highest BCUT2D eigenvalue weighted by molar-refractivity contribution is 6.31. The van der Waals surface area contributed by atoms with Crippen LogP contribution < -0.4 is 4.74 Å². The second-order valence-corrected chi connectivity index (χ2v) is 4.93. The molecule has 0 saturated carbocycles. The van der Waals surface area contributed by atoms with Crippen molar-refractivity contribution in [2.24, 2.45) is 0 Å². The number of nitrogens with zero attached hydrogens (tertiary/aromatic N) is 1. The molecule has 1 aromatic carbocycles. The molecular formula is C16H13ClFNO3. The van der Waals surface area contributed by atoms with Crippen LogP contribution in [0.25, 0.3) is 11.9 Å². The summed E-state index contributed by atoms with van der Waals surface area (Å²) < 4.78 is 19.3. The fourth-order valence-corrected chi connectivity index (χ4v) is 2.07. The average Bonchev–Trinajstić information content (AvgIpc) is 2.50. The molecule has 6 heteroatoms. The van der Waals surface area contributed by atoms with E-state index in [1.54, 1.807) is 25.1 Å². The number of hydrogen-bond donors (Lipinski definition) is 1. The minimum atomic E-state index is -1.19. The van der Waals surface area contributed by atoms with Crippen LogP contribution in [0.1, 0.15) is 27.2 Å². The summed E-state index contributed by atoms with van der Waals surface area (Å²) in [7, 11) is 1.31. The first-order valence-electron chi connectivity index (χ1n) is 6.34. The van der Waals surface area contributed by atoms with Gasteiger partial charge in [0.25, 0.3) is 0 Å². The molecule has 0 amide bonds. The summed E-state index contributed by atoms with van der Waals surface area (Å²) in [5.41, 5.74) is 1.22. The number of ether oxygens (including phenoxy) is 1. The van der Waals surface area contributed by atoms with Gasteiger partial charge >= 0.3 is 5.97 Å². The van der Waals surface area contributed by atoms with E-state index in [0.717, 1.165) is 11.8 Å². The van der Waals surface area contributed by atoms with E-state index in [4.69, 9.17) is 21.4 Å². The Hall–Kier alpha value is -2.40. The van der Waals surface area contributed by atoms with Crippen molar-refractivity contribution in [3.63, 3.8) is 0 Å². The van der Waals surface area contributed by atoms with Crippen molar-refractivity contribution in [1.29, 1.82) is 0 Å². The zero-order valence-electron chi connectivity index (χ0n) is 11.9. The smallest absolute Gasteiger partial charge is 0.341 e. The van der Waals surface area contributed by atoms with Gasteiger partial charge in [0.05, 0.1) is 7.11 Å². The second kappa shape index (κ2) is 6.58. The number of rotatable bonds is 4. The molecule has 4 nitrogen and oxygen atoms in total. The molecule has 0 saturated heterocycles.